The molecule has 106 valence electrons. The summed E-state index contributed by atoms with van der Waals surface area (Å²) in [6.07, 6.45) is 0. The summed E-state index contributed by atoms with van der Waals surface area (Å²) >= 11 is 4.71. The average molecular weight is 365 g/mol. The second kappa shape index (κ2) is 6.41. The van der Waals surface area contributed by atoms with E-state index in [1.54, 1.807) is 18.2 Å². The number of aromatic nitrogens is 2. The maximum absolute atomic E-state index is 13.5. The van der Waals surface area contributed by atoms with E-state index in [2.05, 4.69) is 26.1 Å². The molecule has 0 aliphatic rings. The molecular weight excluding hydrogens is 355 g/mol. The number of nitrogens with zero attached hydrogens (tertiary/aromatic N) is 2. The zero-order valence-electron chi connectivity index (χ0n) is 10.8. The van der Waals surface area contributed by atoms with Gasteiger partial charge in [-0.15, -0.1) is 10.2 Å². The van der Waals surface area contributed by atoms with Gasteiger partial charge in [0.2, 0.25) is 5.89 Å². The van der Waals surface area contributed by atoms with Crippen molar-refractivity contribution in [3.05, 3.63) is 64.4 Å². The van der Waals surface area contributed by atoms with E-state index in [1.165, 1.54) is 17.8 Å². The monoisotopic (exact) mass is 364 g/mol. The van der Waals surface area contributed by atoms with Gasteiger partial charge in [0.05, 0.1) is 0 Å². The molecular formula is C15H10BrFN2OS. The minimum atomic E-state index is -0.225. The highest BCUT2D eigenvalue weighted by Gasteiger charge is 2.10. The van der Waals surface area contributed by atoms with Crippen LogP contribution in [0.1, 0.15) is 5.56 Å². The van der Waals surface area contributed by atoms with Gasteiger partial charge in [0, 0.05) is 15.8 Å². The molecule has 0 aliphatic heterocycles. The van der Waals surface area contributed by atoms with Gasteiger partial charge in [-0.3, -0.25) is 0 Å². The fraction of sp³-hybridized carbons (Fsp3) is 0.0667. The van der Waals surface area contributed by atoms with E-state index in [9.17, 15) is 4.39 Å². The summed E-state index contributed by atoms with van der Waals surface area (Å²) in [6, 6.07) is 14.3. The van der Waals surface area contributed by atoms with E-state index >= 15 is 0 Å². The predicted octanol–water partition coefficient (Wildman–Crippen LogP) is 4.93. The van der Waals surface area contributed by atoms with Crippen LogP contribution >= 0.6 is 27.7 Å². The van der Waals surface area contributed by atoms with Crippen LogP contribution in [0.15, 0.2) is 62.6 Å². The van der Waals surface area contributed by atoms with Crippen LogP contribution in [0.4, 0.5) is 4.39 Å². The number of rotatable bonds is 4. The molecule has 0 saturated heterocycles. The number of benzene rings is 2. The van der Waals surface area contributed by atoms with Gasteiger partial charge in [0.1, 0.15) is 5.82 Å². The molecule has 6 heteroatoms. The number of hydrogen-bond donors (Lipinski definition) is 0. The van der Waals surface area contributed by atoms with Crippen LogP contribution in [0.3, 0.4) is 0 Å². The van der Waals surface area contributed by atoms with Crippen molar-refractivity contribution < 1.29 is 8.81 Å². The third kappa shape index (κ3) is 3.51. The molecule has 0 saturated carbocycles. The summed E-state index contributed by atoms with van der Waals surface area (Å²) in [5.74, 6) is 0.677. The van der Waals surface area contributed by atoms with Gasteiger partial charge in [-0.1, -0.05) is 52.0 Å². The molecule has 0 radical (unpaired) electrons. The molecule has 0 aliphatic carbocycles. The molecule has 0 atom stereocenters. The zero-order valence-corrected chi connectivity index (χ0v) is 13.2. The molecule has 1 aromatic heterocycles. The van der Waals surface area contributed by atoms with E-state index in [1.807, 2.05) is 24.3 Å². The van der Waals surface area contributed by atoms with E-state index in [-0.39, 0.29) is 5.82 Å². The van der Waals surface area contributed by atoms with Crippen LogP contribution < -0.4 is 0 Å². The Hall–Kier alpha value is -1.66. The molecule has 3 aromatic rings. The van der Waals surface area contributed by atoms with Gasteiger partial charge in [-0.05, 0) is 29.8 Å². The highest BCUT2D eigenvalue weighted by Crippen LogP contribution is 2.27. The molecule has 0 bridgehead atoms. The van der Waals surface area contributed by atoms with Gasteiger partial charge < -0.3 is 4.42 Å². The molecule has 21 heavy (non-hydrogen) atoms. The summed E-state index contributed by atoms with van der Waals surface area (Å²) in [6.45, 7) is 0. The Kier molecular flexibility index (Phi) is 4.36. The van der Waals surface area contributed by atoms with Gasteiger partial charge in [0.15, 0.2) is 0 Å². The maximum Gasteiger partial charge on any atom is 0.277 e. The summed E-state index contributed by atoms with van der Waals surface area (Å²) < 4.78 is 20.0. The first-order valence-corrected chi connectivity index (χ1v) is 7.96. The summed E-state index contributed by atoms with van der Waals surface area (Å²) in [4.78, 5) is 0. The molecule has 0 amide bonds. The van der Waals surface area contributed by atoms with Crippen molar-refractivity contribution in [1.29, 1.82) is 0 Å². The van der Waals surface area contributed by atoms with Gasteiger partial charge in [-0.25, -0.2) is 4.39 Å². The molecule has 0 spiro atoms. The Balaban J connectivity index is 1.72. The quantitative estimate of drug-likeness (QED) is 0.615. The van der Waals surface area contributed by atoms with Crippen LogP contribution in [0, 0.1) is 5.82 Å². The second-order valence-electron chi connectivity index (χ2n) is 4.26. The summed E-state index contributed by atoms with van der Waals surface area (Å²) in [7, 11) is 0. The third-order valence-corrected chi connectivity index (χ3v) is 4.15. The number of thioether (sulfide) groups is 1. The zero-order chi connectivity index (χ0) is 14.7. The summed E-state index contributed by atoms with van der Waals surface area (Å²) in [5.41, 5.74) is 1.46. The Morgan fingerprint density at radius 1 is 1.10 bits per heavy atom. The van der Waals surface area contributed by atoms with Crippen molar-refractivity contribution in [2.24, 2.45) is 0 Å². The van der Waals surface area contributed by atoms with Crippen LogP contribution in [0.25, 0.3) is 11.5 Å². The van der Waals surface area contributed by atoms with Crippen molar-refractivity contribution in [3.8, 4) is 11.5 Å². The Labute approximate surface area is 133 Å². The van der Waals surface area contributed by atoms with E-state index in [4.69, 9.17) is 4.42 Å². The fourth-order valence-corrected chi connectivity index (χ4v) is 2.91. The lowest BCUT2D eigenvalue weighted by atomic mass is 10.2. The van der Waals surface area contributed by atoms with Crippen molar-refractivity contribution in [2.45, 2.75) is 11.0 Å². The largest absolute Gasteiger partial charge is 0.411 e. The van der Waals surface area contributed by atoms with E-state index < -0.39 is 0 Å². The van der Waals surface area contributed by atoms with Crippen LogP contribution in [-0.2, 0) is 5.75 Å². The topological polar surface area (TPSA) is 38.9 Å². The normalized spacial score (nSPS) is 10.8. The Morgan fingerprint density at radius 3 is 2.76 bits per heavy atom. The minimum Gasteiger partial charge on any atom is -0.411 e. The molecule has 3 rings (SSSR count). The lowest BCUT2D eigenvalue weighted by Gasteiger charge is -1.99. The average Bonchev–Trinajstić information content (AvgIpc) is 2.95. The fourth-order valence-electron chi connectivity index (χ4n) is 1.76. The van der Waals surface area contributed by atoms with Crippen molar-refractivity contribution in [1.82, 2.24) is 10.2 Å². The molecule has 0 fully saturated rings. The predicted molar refractivity (Wildman–Crippen MR) is 83.4 cm³/mol. The maximum atomic E-state index is 13.5. The number of halogens is 2. The van der Waals surface area contributed by atoms with Crippen molar-refractivity contribution in [2.75, 3.05) is 0 Å². The molecule has 3 nitrogen and oxygen atoms in total. The van der Waals surface area contributed by atoms with Gasteiger partial charge in [0.25, 0.3) is 5.22 Å². The highest BCUT2D eigenvalue weighted by molar-refractivity contribution is 9.10. The molecule has 1 heterocycles. The minimum absolute atomic E-state index is 0.225. The van der Waals surface area contributed by atoms with Crippen molar-refractivity contribution >= 4 is 27.7 Å². The van der Waals surface area contributed by atoms with Gasteiger partial charge >= 0.3 is 0 Å². The lowest BCUT2D eigenvalue weighted by Crippen LogP contribution is -1.86. The SMILES string of the molecule is Fc1ccccc1CSc1nnc(-c2cccc(Br)c2)o1. The first-order valence-electron chi connectivity index (χ1n) is 6.18. The van der Waals surface area contributed by atoms with E-state index in [0.717, 1.165) is 10.0 Å². The van der Waals surface area contributed by atoms with Crippen LogP contribution in [0.2, 0.25) is 0 Å². The third-order valence-electron chi connectivity index (χ3n) is 2.79. The van der Waals surface area contributed by atoms with E-state index in [0.29, 0.717) is 22.4 Å². The summed E-state index contributed by atoms with van der Waals surface area (Å²) in [5, 5.41) is 8.41. The molecule has 0 N–H and O–H groups in total. The first-order chi connectivity index (χ1) is 10.2. The second-order valence-corrected chi connectivity index (χ2v) is 6.11. The first kappa shape index (κ1) is 14.3. The highest BCUT2D eigenvalue weighted by atomic mass is 79.9. The van der Waals surface area contributed by atoms with Gasteiger partial charge in [-0.2, -0.15) is 0 Å². The standard InChI is InChI=1S/C15H10BrFN2OS/c16-12-6-3-5-10(8-12)14-18-19-15(20-14)21-9-11-4-1-2-7-13(11)17/h1-8H,9H2. The Bertz CT molecular complexity index is 763. The molecule has 2 aromatic carbocycles. The smallest absolute Gasteiger partial charge is 0.277 e. The van der Waals surface area contributed by atoms with Crippen molar-refractivity contribution in [3.63, 3.8) is 0 Å². The Morgan fingerprint density at radius 2 is 1.95 bits per heavy atom. The van der Waals surface area contributed by atoms with Crippen LogP contribution in [-0.4, -0.2) is 10.2 Å². The number of hydrogen-bond acceptors (Lipinski definition) is 4. The lowest BCUT2D eigenvalue weighted by molar-refractivity contribution is 0.465. The van der Waals surface area contributed by atoms with Crippen LogP contribution in [0.5, 0.6) is 0 Å². The molecule has 0 unspecified atom stereocenters.